The number of carbonyl (C=O) groups excluding carboxylic acids is 2. The first-order chi connectivity index (χ1) is 16.6. The molecule has 34 heavy (non-hydrogen) atoms. The van der Waals surface area contributed by atoms with Crippen molar-refractivity contribution in [1.82, 2.24) is 0 Å². The Kier molecular flexibility index (Phi) is 5.55. The fourth-order valence-corrected chi connectivity index (χ4v) is 3.90. The molecule has 1 N–H and O–H groups in total. The summed E-state index contributed by atoms with van der Waals surface area (Å²) < 4.78 is 21.6. The van der Waals surface area contributed by atoms with E-state index >= 15 is 0 Å². The second-order valence-corrected chi connectivity index (χ2v) is 7.55. The molecule has 0 aromatic heterocycles. The number of nitrogens with one attached hydrogen (secondary N) is 1. The zero-order valence-electron chi connectivity index (χ0n) is 18.7. The second-order valence-electron chi connectivity index (χ2n) is 7.55. The van der Waals surface area contributed by atoms with Crippen molar-refractivity contribution in [2.45, 2.75) is 6.92 Å². The van der Waals surface area contributed by atoms with Gasteiger partial charge in [0.05, 0.1) is 25.0 Å². The predicted octanol–water partition coefficient (Wildman–Crippen LogP) is 4.22. The Balaban J connectivity index is 1.57. The van der Waals surface area contributed by atoms with Gasteiger partial charge in [0, 0.05) is 17.8 Å². The monoisotopic (exact) mass is 458 g/mol. The fraction of sp³-hybridized carbons (Fsp3) is 0.154. The Morgan fingerprint density at radius 3 is 2.47 bits per heavy atom. The van der Waals surface area contributed by atoms with E-state index in [1.165, 1.54) is 7.11 Å². The van der Waals surface area contributed by atoms with Crippen LogP contribution >= 0.6 is 0 Å². The molecule has 0 bridgehead atoms. The summed E-state index contributed by atoms with van der Waals surface area (Å²) in [6.07, 6.45) is 0. The third kappa shape index (κ3) is 3.79. The van der Waals surface area contributed by atoms with Crippen molar-refractivity contribution in [2.75, 3.05) is 30.7 Å². The zero-order chi connectivity index (χ0) is 23.7. The van der Waals surface area contributed by atoms with Gasteiger partial charge in [0.25, 0.3) is 11.8 Å². The average Bonchev–Trinajstić information content (AvgIpc) is 3.42. The van der Waals surface area contributed by atoms with Crippen LogP contribution in [-0.4, -0.2) is 32.3 Å². The normalized spacial score (nSPS) is 14.6. The first-order valence-electron chi connectivity index (χ1n) is 10.8. The Morgan fingerprint density at radius 1 is 0.912 bits per heavy atom. The molecule has 0 spiro atoms. The molecule has 0 atom stereocenters. The van der Waals surface area contributed by atoms with E-state index in [0.717, 1.165) is 4.90 Å². The van der Waals surface area contributed by atoms with E-state index in [4.69, 9.17) is 18.9 Å². The molecule has 0 saturated carbocycles. The minimum absolute atomic E-state index is 0.139. The average molecular weight is 458 g/mol. The number of nitrogens with zero attached hydrogens (tertiary/aromatic N) is 1. The lowest BCUT2D eigenvalue weighted by Gasteiger charge is -2.16. The number of ether oxygens (including phenoxy) is 4. The summed E-state index contributed by atoms with van der Waals surface area (Å²) in [5.41, 5.74) is 2.02. The van der Waals surface area contributed by atoms with Crippen LogP contribution in [0.15, 0.2) is 72.4 Å². The summed E-state index contributed by atoms with van der Waals surface area (Å²) in [4.78, 5) is 28.3. The molecule has 2 heterocycles. The van der Waals surface area contributed by atoms with E-state index in [-0.39, 0.29) is 18.1 Å². The van der Waals surface area contributed by atoms with Crippen LogP contribution in [0.25, 0.3) is 5.57 Å². The number of fused-ring (bicyclic) bond motifs is 1. The molecule has 8 nitrogen and oxygen atoms in total. The Hall–Kier alpha value is -4.46. The molecule has 0 radical (unpaired) electrons. The molecular formula is C26H22N2O6. The Morgan fingerprint density at radius 2 is 1.71 bits per heavy atom. The smallest absolute Gasteiger partial charge is 0.282 e. The third-order valence-electron chi connectivity index (χ3n) is 5.49. The van der Waals surface area contributed by atoms with Crippen molar-refractivity contribution >= 4 is 28.8 Å². The highest BCUT2D eigenvalue weighted by atomic mass is 16.7. The van der Waals surface area contributed by atoms with Gasteiger partial charge in [-0.2, -0.15) is 0 Å². The zero-order valence-corrected chi connectivity index (χ0v) is 18.7. The predicted molar refractivity (Wildman–Crippen MR) is 126 cm³/mol. The lowest BCUT2D eigenvalue weighted by atomic mass is 10.0. The summed E-state index contributed by atoms with van der Waals surface area (Å²) in [5, 5.41) is 3.14. The second kappa shape index (κ2) is 8.82. The van der Waals surface area contributed by atoms with Crippen LogP contribution < -0.4 is 29.2 Å². The van der Waals surface area contributed by atoms with Crippen LogP contribution in [0.4, 0.5) is 11.4 Å². The van der Waals surface area contributed by atoms with E-state index < -0.39 is 11.8 Å². The van der Waals surface area contributed by atoms with Gasteiger partial charge in [-0.1, -0.05) is 18.2 Å². The van der Waals surface area contributed by atoms with Gasteiger partial charge in [-0.3, -0.25) is 9.59 Å². The summed E-state index contributed by atoms with van der Waals surface area (Å²) in [6.45, 7) is 2.56. The van der Waals surface area contributed by atoms with Crippen molar-refractivity contribution in [3.05, 3.63) is 78.0 Å². The van der Waals surface area contributed by atoms with E-state index in [2.05, 4.69) is 5.32 Å². The highest BCUT2D eigenvalue weighted by Gasteiger charge is 2.40. The summed E-state index contributed by atoms with van der Waals surface area (Å²) in [7, 11) is 1.53. The summed E-state index contributed by atoms with van der Waals surface area (Å²) >= 11 is 0. The maximum atomic E-state index is 13.6. The van der Waals surface area contributed by atoms with Gasteiger partial charge in [-0.25, -0.2) is 4.90 Å². The van der Waals surface area contributed by atoms with Crippen molar-refractivity contribution in [3.8, 4) is 23.0 Å². The van der Waals surface area contributed by atoms with Crippen molar-refractivity contribution < 1.29 is 28.5 Å². The largest absolute Gasteiger partial charge is 0.497 e. The number of imide groups is 1. The van der Waals surface area contributed by atoms with Gasteiger partial charge in [0.15, 0.2) is 11.5 Å². The van der Waals surface area contributed by atoms with Crippen LogP contribution in [0.2, 0.25) is 0 Å². The van der Waals surface area contributed by atoms with E-state index in [1.54, 1.807) is 66.7 Å². The number of carbonyl (C=O) groups is 2. The van der Waals surface area contributed by atoms with Crippen LogP contribution in [0.5, 0.6) is 23.0 Å². The molecule has 0 aliphatic carbocycles. The molecule has 3 aromatic carbocycles. The van der Waals surface area contributed by atoms with Gasteiger partial charge >= 0.3 is 0 Å². The SMILES string of the molecule is CCOc1ccc(C2=C(Nc3ccc4c(c3)OCO4)C(=O)N(c3cccc(OC)c3)C2=O)cc1. The Bertz CT molecular complexity index is 1300. The first kappa shape index (κ1) is 21.4. The highest BCUT2D eigenvalue weighted by Crippen LogP contribution is 2.38. The number of anilines is 2. The third-order valence-corrected chi connectivity index (χ3v) is 5.49. The first-order valence-corrected chi connectivity index (χ1v) is 10.8. The molecule has 2 amide bonds. The van der Waals surface area contributed by atoms with Gasteiger partial charge in [0.1, 0.15) is 17.2 Å². The number of amides is 2. The molecule has 3 aromatic rings. The number of hydrogen-bond acceptors (Lipinski definition) is 7. The highest BCUT2D eigenvalue weighted by molar-refractivity contribution is 6.46. The molecular weight excluding hydrogens is 436 g/mol. The fourth-order valence-electron chi connectivity index (χ4n) is 3.90. The molecule has 8 heteroatoms. The van der Waals surface area contributed by atoms with Gasteiger partial charge in [-0.05, 0) is 48.9 Å². The van der Waals surface area contributed by atoms with Crippen molar-refractivity contribution in [3.63, 3.8) is 0 Å². The van der Waals surface area contributed by atoms with Crippen LogP contribution in [0.1, 0.15) is 12.5 Å². The molecule has 0 fully saturated rings. The number of benzene rings is 3. The summed E-state index contributed by atoms with van der Waals surface area (Å²) in [5.74, 6) is 1.50. The quantitative estimate of drug-likeness (QED) is 0.531. The number of methoxy groups -OCH3 is 1. The van der Waals surface area contributed by atoms with E-state index in [0.29, 0.717) is 46.5 Å². The molecule has 0 unspecified atom stereocenters. The minimum Gasteiger partial charge on any atom is -0.497 e. The topological polar surface area (TPSA) is 86.3 Å². The van der Waals surface area contributed by atoms with Crippen molar-refractivity contribution in [1.29, 1.82) is 0 Å². The maximum absolute atomic E-state index is 13.6. The van der Waals surface area contributed by atoms with Crippen LogP contribution in [0.3, 0.4) is 0 Å². The van der Waals surface area contributed by atoms with Crippen LogP contribution in [-0.2, 0) is 9.59 Å². The minimum atomic E-state index is -0.472. The molecule has 2 aliphatic heterocycles. The van der Waals surface area contributed by atoms with Gasteiger partial charge in [-0.15, -0.1) is 0 Å². The lowest BCUT2D eigenvalue weighted by Crippen LogP contribution is -2.32. The molecule has 5 rings (SSSR count). The summed E-state index contributed by atoms with van der Waals surface area (Å²) in [6, 6.07) is 19.2. The molecule has 172 valence electrons. The number of hydrogen-bond donors (Lipinski definition) is 1. The maximum Gasteiger partial charge on any atom is 0.282 e. The lowest BCUT2D eigenvalue weighted by molar-refractivity contribution is -0.120. The molecule has 2 aliphatic rings. The van der Waals surface area contributed by atoms with Crippen LogP contribution in [0, 0.1) is 0 Å². The van der Waals surface area contributed by atoms with Gasteiger partial charge < -0.3 is 24.3 Å². The van der Waals surface area contributed by atoms with E-state index in [9.17, 15) is 9.59 Å². The standard InChI is InChI=1S/C26H22N2O6/c1-3-32-19-10-7-16(8-11-19)23-24(27-17-9-12-21-22(13-17)34-15-33-21)26(30)28(25(23)29)18-5-4-6-20(14-18)31-2/h4-14,27H,3,15H2,1-2H3. The number of rotatable bonds is 7. The molecule has 0 saturated heterocycles. The van der Waals surface area contributed by atoms with E-state index in [1.807, 2.05) is 6.92 Å². The van der Waals surface area contributed by atoms with Gasteiger partial charge in [0.2, 0.25) is 6.79 Å². The van der Waals surface area contributed by atoms with Crippen molar-refractivity contribution in [2.24, 2.45) is 0 Å². The Labute approximate surface area is 196 Å².